The molecule has 2 rings (SSSR count). The molecule has 0 amide bonds. The monoisotopic (exact) mass is 294 g/mol. The minimum atomic E-state index is -3.69. The Morgan fingerprint density at radius 1 is 1.35 bits per heavy atom. The summed E-state index contributed by atoms with van der Waals surface area (Å²) in [5.41, 5.74) is 3.84. The molecule has 0 bridgehead atoms. The number of sulfonamides is 1. The normalized spacial score (nSPS) is 11.6. The van der Waals surface area contributed by atoms with Crippen LogP contribution in [0, 0.1) is 13.8 Å². The number of hydrogen-bond acceptors (Lipinski definition) is 4. The number of nitrogens with two attached hydrogens (primary N) is 1. The van der Waals surface area contributed by atoms with E-state index in [1.807, 2.05) is 20.9 Å². The number of nitrogens with zero attached hydrogens (tertiary/aromatic N) is 2. The maximum absolute atomic E-state index is 11.4. The van der Waals surface area contributed by atoms with Gasteiger partial charge in [0.05, 0.1) is 11.1 Å². The van der Waals surface area contributed by atoms with Crippen molar-refractivity contribution in [2.24, 2.45) is 12.2 Å². The van der Waals surface area contributed by atoms with Crippen LogP contribution in [0.1, 0.15) is 16.8 Å². The summed E-state index contributed by atoms with van der Waals surface area (Å²) in [4.78, 5) is 0.105. The highest BCUT2D eigenvalue weighted by Gasteiger charge is 2.10. The third kappa shape index (κ3) is 3.00. The molecule has 108 valence electrons. The standard InChI is InChI=1S/C13H18N4O2S/c1-9-4-5-12(20(14,18)19)6-13(9)15-7-11-8-16-17(3)10(11)2/h4-6,8,15H,7H2,1-3H3,(H2,14,18,19). The van der Waals surface area contributed by atoms with Gasteiger partial charge in [0.15, 0.2) is 0 Å². The van der Waals surface area contributed by atoms with Crippen molar-refractivity contribution in [3.8, 4) is 0 Å². The summed E-state index contributed by atoms with van der Waals surface area (Å²) >= 11 is 0. The van der Waals surface area contributed by atoms with Crippen LogP contribution in [0.15, 0.2) is 29.3 Å². The first-order valence-electron chi connectivity index (χ1n) is 6.14. The summed E-state index contributed by atoms with van der Waals surface area (Å²) in [5.74, 6) is 0. The van der Waals surface area contributed by atoms with Crippen LogP contribution in [0.2, 0.25) is 0 Å². The fourth-order valence-corrected chi connectivity index (χ4v) is 2.42. The van der Waals surface area contributed by atoms with Crippen molar-refractivity contribution in [2.45, 2.75) is 25.3 Å². The predicted octanol–water partition coefficient (Wildman–Crippen LogP) is 1.30. The quantitative estimate of drug-likeness (QED) is 0.889. The van der Waals surface area contributed by atoms with Crippen LogP contribution in [0.5, 0.6) is 0 Å². The Labute approximate surface area is 118 Å². The van der Waals surface area contributed by atoms with Crippen molar-refractivity contribution >= 4 is 15.7 Å². The molecule has 0 radical (unpaired) electrons. The molecule has 1 heterocycles. The number of primary sulfonamides is 1. The zero-order valence-electron chi connectivity index (χ0n) is 11.7. The molecule has 0 fully saturated rings. The van der Waals surface area contributed by atoms with Gasteiger partial charge in [-0.15, -0.1) is 0 Å². The topological polar surface area (TPSA) is 90.0 Å². The van der Waals surface area contributed by atoms with Gasteiger partial charge in [0.1, 0.15) is 0 Å². The minimum Gasteiger partial charge on any atom is -0.381 e. The van der Waals surface area contributed by atoms with E-state index in [2.05, 4.69) is 10.4 Å². The van der Waals surface area contributed by atoms with Gasteiger partial charge in [-0.3, -0.25) is 4.68 Å². The average molecular weight is 294 g/mol. The number of nitrogens with one attached hydrogen (secondary N) is 1. The molecule has 3 N–H and O–H groups in total. The lowest BCUT2D eigenvalue weighted by Gasteiger charge is -2.11. The molecule has 0 spiro atoms. The molecule has 20 heavy (non-hydrogen) atoms. The van der Waals surface area contributed by atoms with Gasteiger partial charge in [-0.25, -0.2) is 13.6 Å². The van der Waals surface area contributed by atoms with Crippen LogP contribution in [0.3, 0.4) is 0 Å². The summed E-state index contributed by atoms with van der Waals surface area (Å²) < 4.78 is 24.5. The Morgan fingerprint density at radius 3 is 2.60 bits per heavy atom. The highest BCUT2D eigenvalue weighted by atomic mass is 32.2. The molecule has 7 heteroatoms. The SMILES string of the molecule is Cc1ccc(S(N)(=O)=O)cc1NCc1cnn(C)c1C. The van der Waals surface area contributed by atoms with E-state index in [0.717, 1.165) is 22.5 Å². The Hall–Kier alpha value is -1.86. The van der Waals surface area contributed by atoms with Gasteiger partial charge in [0, 0.05) is 30.5 Å². The third-order valence-corrected chi connectivity index (χ3v) is 4.25. The first-order valence-corrected chi connectivity index (χ1v) is 7.68. The molecule has 0 aliphatic carbocycles. The molecule has 0 saturated carbocycles. The van der Waals surface area contributed by atoms with E-state index in [1.165, 1.54) is 6.07 Å². The van der Waals surface area contributed by atoms with Gasteiger partial charge < -0.3 is 5.32 Å². The van der Waals surface area contributed by atoms with E-state index in [9.17, 15) is 8.42 Å². The second-order valence-corrected chi connectivity index (χ2v) is 6.32. The van der Waals surface area contributed by atoms with Crippen LogP contribution >= 0.6 is 0 Å². The van der Waals surface area contributed by atoms with Gasteiger partial charge >= 0.3 is 0 Å². The molecule has 0 atom stereocenters. The van der Waals surface area contributed by atoms with Crippen molar-refractivity contribution in [3.05, 3.63) is 41.2 Å². The van der Waals surface area contributed by atoms with Crippen LogP contribution in [0.25, 0.3) is 0 Å². The number of aromatic nitrogens is 2. The summed E-state index contributed by atoms with van der Waals surface area (Å²) in [6, 6.07) is 4.79. The van der Waals surface area contributed by atoms with Crippen LogP contribution < -0.4 is 10.5 Å². The molecular weight excluding hydrogens is 276 g/mol. The van der Waals surface area contributed by atoms with Crippen molar-refractivity contribution in [3.63, 3.8) is 0 Å². The van der Waals surface area contributed by atoms with Crippen LogP contribution in [-0.2, 0) is 23.6 Å². The number of anilines is 1. The largest absolute Gasteiger partial charge is 0.381 e. The summed E-state index contributed by atoms with van der Waals surface area (Å²) in [6.45, 7) is 4.47. The van der Waals surface area contributed by atoms with Gasteiger partial charge in [0.2, 0.25) is 10.0 Å². The lowest BCUT2D eigenvalue weighted by molar-refractivity contribution is 0.598. The summed E-state index contributed by atoms with van der Waals surface area (Å²) in [6.07, 6.45) is 1.79. The average Bonchev–Trinajstić information content (AvgIpc) is 2.68. The second kappa shape index (κ2) is 5.26. The zero-order chi connectivity index (χ0) is 14.9. The lowest BCUT2D eigenvalue weighted by Crippen LogP contribution is -2.13. The fourth-order valence-electron chi connectivity index (χ4n) is 1.88. The zero-order valence-corrected chi connectivity index (χ0v) is 12.5. The summed E-state index contributed by atoms with van der Waals surface area (Å²) in [7, 11) is -1.80. The van der Waals surface area contributed by atoms with Crippen LogP contribution in [0.4, 0.5) is 5.69 Å². The van der Waals surface area contributed by atoms with Crippen molar-refractivity contribution in [1.82, 2.24) is 9.78 Å². The van der Waals surface area contributed by atoms with Gasteiger partial charge in [0.25, 0.3) is 0 Å². The Morgan fingerprint density at radius 2 is 2.05 bits per heavy atom. The second-order valence-electron chi connectivity index (χ2n) is 4.75. The van der Waals surface area contributed by atoms with Crippen LogP contribution in [-0.4, -0.2) is 18.2 Å². The van der Waals surface area contributed by atoms with E-state index < -0.39 is 10.0 Å². The van der Waals surface area contributed by atoms with E-state index in [1.54, 1.807) is 23.0 Å². The maximum Gasteiger partial charge on any atom is 0.238 e. The van der Waals surface area contributed by atoms with Gasteiger partial charge in [-0.1, -0.05) is 6.07 Å². The van der Waals surface area contributed by atoms with E-state index in [0.29, 0.717) is 6.54 Å². The number of aryl methyl sites for hydroxylation is 2. The maximum atomic E-state index is 11.4. The summed E-state index contributed by atoms with van der Waals surface area (Å²) in [5, 5.41) is 12.5. The molecule has 0 aliphatic rings. The number of hydrogen-bond donors (Lipinski definition) is 2. The van der Waals surface area contributed by atoms with Crippen molar-refractivity contribution < 1.29 is 8.42 Å². The molecule has 0 aliphatic heterocycles. The Kier molecular flexibility index (Phi) is 3.82. The number of rotatable bonds is 4. The molecule has 2 aromatic rings. The van der Waals surface area contributed by atoms with Crippen molar-refractivity contribution in [1.29, 1.82) is 0 Å². The Bertz CT molecular complexity index is 735. The Balaban J connectivity index is 2.23. The lowest BCUT2D eigenvalue weighted by atomic mass is 10.2. The molecule has 0 unspecified atom stereocenters. The van der Waals surface area contributed by atoms with Gasteiger partial charge in [-0.2, -0.15) is 5.10 Å². The first kappa shape index (κ1) is 14.5. The highest BCUT2D eigenvalue weighted by Crippen LogP contribution is 2.20. The highest BCUT2D eigenvalue weighted by molar-refractivity contribution is 7.89. The van der Waals surface area contributed by atoms with E-state index >= 15 is 0 Å². The van der Waals surface area contributed by atoms with E-state index in [-0.39, 0.29) is 4.90 Å². The molecule has 1 aromatic carbocycles. The molecule has 0 saturated heterocycles. The first-order chi connectivity index (χ1) is 9.29. The minimum absolute atomic E-state index is 0.105. The van der Waals surface area contributed by atoms with Gasteiger partial charge in [-0.05, 0) is 31.5 Å². The third-order valence-electron chi connectivity index (χ3n) is 3.34. The molecular formula is C13H18N4O2S. The van der Waals surface area contributed by atoms with E-state index in [4.69, 9.17) is 5.14 Å². The fraction of sp³-hybridized carbons (Fsp3) is 0.308. The molecule has 1 aromatic heterocycles. The van der Waals surface area contributed by atoms with Crippen molar-refractivity contribution in [2.75, 3.05) is 5.32 Å². The predicted molar refractivity (Wildman–Crippen MR) is 77.8 cm³/mol. The smallest absolute Gasteiger partial charge is 0.238 e. The molecule has 6 nitrogen and oxygen atoms in total. The number of benzene rings is 1.